The Morgan fingerprint density at radius 1 is 1.56 bits per heavy atom. The molecule has 0 bridgehead atoms. The van der Waals surface area contributed by atoms with Crippen LogP contribution in [-0.4, -0.2) is 22.1 Å². The number of aromatic carboxylic acids is 1. The Balaban J connectivity index is 2.10. The van der Waals surface area contributed by atoms with Crippen LogP contribution in [-0.2, 0) is 0 Å². The molecule has 4 heteroatoms. The van der Waals surface area contributed by atoms with Crippen LogP contribution in [0.25, 0.3) is 0 Å². The number of aryl methyl sites for hydroxylation is 1. The Kier molecular flexibility index (Phi) is 2.81. The Hall–Kier alpha value is -1.58. The van der Waals surface area contributed by atoms with E-state index in [1.807, 2.05) is 0 Å². The smallest absolute Gasteiger partial charge is 0.337 e. The van der Waals surface area contributed by atoms with Gasteiger partial charge >= 0.3 is 5.97 Å². The lowest BCUT2D eigenvalue weighted by atomic mass is 10.2. The van der Waals surface area contributed by atoms with Gasteiger partial charge in [0.05, 0.1) is 11.3 Å². The summed E-state index contributed by atoms with van der Waals surface area (Å²) in [5.74, 6) is 0.593. The fraction of sp³-hybridized carbons (Fsp3) is 0.500. The van der Waals surface area contributed by atoms with Gasteiger partial charge < -0.3 is 10.4 Å². The Morgan fingerprint density at radius 2 is 2.25 bits per heavy atom. The lowest BCUT2D eigenvalue weighted by Gasteiger charge is -2.14. The molecule has 1 atom stereocenters. The van der Waals surface area contributed by atoms with Crippen molar-refractivity contribution in [1.82, 2.24) is 4.98 Å². The highest BCUT2D eigenvalue weighted by Gasteiger charge is 2.28. The number of hydrogen-bond acceptors (Lipinski definition) is 3. The van der Waals surface area contributed by atoms with E-state index in [1.54, 1.807) is 19.1 Å². The molecule has 16 heavy (non-hydrogen) atoms. The van der Waals surface area contributed by atoms with Crippen LogP contribution in [0.4, 0.5) is 5.82 Å². The van der Waals surface area contributed by atoms with Gasteiger partial charge in [-0.1, -0.05) is 0 Å². The zero-order valence-corrected chi connectivity index (χ0v) is 9.53. The van der Waals surface area contributed by atoms with Gasteiger partial charge in [0, 0.05) is 6.04 Å². The molecule has 0 saturated heterocycles. The number of carbonyl (C=O) groups is 1. The predicted molar refractivity (Wildman–Crippen MR) is 61.7 cm³/mol. The zero-order valence-electron chi connectivity index (χ0n) is 9.53. The molecule has 1 unspecified atom stereocenters. The van der Waals surface area contributed by atoms with Gasteiger partial charge in [0.25, 0.3) is 0 Å². The average Bonchev–Trinajstić information content (AvgIpc) is 2.99. The first-order valence-corrected chi connectivity index (χ1v) is 5.55. The first-order chi connectivity index (χ1) is 7.58. The number of nitrogens with zero attached hydrogens (tertiary/aromatic N) is 1. The fourth-order valence-corrected chi connectivity index (χ4v) is 1.81. The minimum absolute atomic E-state index is 0.268. The van der Waals surface area contributed by atoms with Gasteiger partial charge in [-0.25, -0.2) is 9.78 Å². The molecule has 4 nitrogen and oxygen atoms in total. The second-order valence-corrected chi connectivity index (χ2v) is 4.41. The molecule has 0 radical (unpaired) electrons. The topological polar surface area (TPSA) is 62.2 Å². The van der Waals surface area contributed by atoms with E-state index in [0.717, 1.165) is 11.7 Å². The quantitative estimate of drug-likeness (QED) is 0.817. The first kappa shape index (κ1) is 10.9. The highest BCUT2D eigenvalue weighted by molar-refractivity contribution is 5.89. The van der Waals surface area contributed by atoms with Crippen molar-refractivity contribution in [3.63, 3.8) is 0 Å². The van der Waals surface area contributed by atoms with Crippen LogP contribution < -0.4 is 5.32 Å². The lowest BCUT2D eigenvalue weighted by Crippen LogP contribution is -2.18. The summed E-state index contributed by atoms with van der Waals surface area (Å²) in [6.07, 6.45) is 2.56. The molecule has 0 aromatic carbocycles. The van der Waals surface area contributed by atoms with Crippen molar-refractivity contribution in [3.05, 3.63) is 23.4 Å². The van der Waals surface area contributed by atoms with E-state index < -0.39 is 5.97 Å². The molecule has 1 heterocycles. The van der Waals surface area contributed by atoms with Crippen molar-refractivity contribution in [1.29, 1.82) is 0 Å². The third-order valence-corrected chi connectivity index (χ3v) is 3.02. The Bertz CT molecular complexity index is 413. The molecule has 0 spiro atoms. The van der Waals surface area contributed by atoms with E-state index in [0.29, 0.717) is 11.7 Å². The molecular weight excluding hydrogens is 204 g/mol. The van der Waals surface area contributed by atoms with E-state index in [1.165, 1.54) is 12.8 Å². The van der Waals surface area contributed by atoms with Gasteiger partial charge in [-0.15, -0.1) is 0 Å². The van der Waals surface area contributed by atoms with Crippen molar-refractivity contribution < 1.29 is 9.90 Å². The van der Waals surface area contributed by atoms with E-state index in [-0.39, 0.29) is 5.56 Å². The summed E-state index contributed by atoms with van der Waals surface area (Å²) in [5, 5.41) is 12.2. The van der Waals surface area contributed by atoms with Crippen LogP contribution in [0.1, 0.15) is 35.8 Å². The number of carboxylic acids is 1. The third kappa shape index (κ3) is 2.32. The number of aromatic nitrogens is 1. The largest absolute Gasteiger partial charge is 0.478 e. The van der Waals surface area contributed by atoms with Gasteiger partial charge in [-0.3, -0.25) is 0 Å². The molecule has 2 N–H and O–H groups in total. The minimum atomic E-state index is -0.924. The molecule has 1 fully saturated rings. The predicted octanol–water partition coefficient (Wildman–Crippen LogP) is 2.30. The number of hydrogen-bond donors (Lipinski definition) is 2. The summed E-state index contributed by atoms with van der Waals surface area (Å²) >= 11 is 0. The second-order valence-electron chi connectivity index (χ2n) is 4.41. The maximum atomic E-state index is 10.8. The van der Waals surface area contributed by atoms with Crippen LogP contribution in [0, 0.1) is 12.8 Å². The van der Waals surface area contributed by atoms with Crippen LogP contribution in [0.5, 0.6) is 0 Å². The maximum Gasteiger partial charge on any atom is 0.337 e. The molecule has 2 rings (SSSR count). The zero-order chi connectivity index (χ0) is 11.7. The summed E-state index contributed by atoms with van der Waals surface area (Å²) in [7, 11) is 0. The molecule has 1 aromatic heterocycles. The van der Waals surface area contributed by atoms with Crippen molar-refractivity contribution >= 4 is 11.8 Å². The van der Waals surface area contributed by atoms with Crippen LogP contribution >= 0.6 is 0 Å². The summed E-state index contributed by atoms with van der Waals surface area (Å²) < 4.78 is 0. The minimum Gasteiger partial charge on any atom is -0.478 e. The summed E-state index contributed by atoms with van der Waals surface area (Å²) in [6.45, 7) is 3.86. The Morgan fingerprint density at radius 3 is 2.75 bits per heavy atom. The highest BCUT2D eigenvalue weighted by atomic mass is 16.4. The summed E-state index contributed by atoms with van der Waals surface area (Å²) in [4.78, 5) is 15.1. The van der Waals surface area contributed by atoms with Gasteiger partial charge in [-0.2, -0.15) is 0 Å². The van der Waals surface area contributed by atoms with Gasteiger partial charge in [0.15, 0.2) is 0 Å². The standard InChI is InChI=1S/C12H16N2O2/c1-7(9-3-4-9)13-11-6-5-10(12(15)16)8(2)14-11/h5-7,9H,3-4H2,1-2H3,(H,13,14)(H,15,16). The fourth-order valence-electron chi connectivity index (χ4n) is 1.81. The second kappa shape index (κ2) is 4.12. The monoisotopic (exact) mass is 220 g/mol. The first-order valence-electron chi connectivity index (χ1n) is 5.55. The van der Waals surface area contributed by atoms with E-state index in [9.17, 15) is 4.79 Å². The van der Waals surface area contributed by atoms with E-state index in [4.69, 9.17) is 5.11 Å². The number of nitrogens with one attached hydrogen (secondary N) is 1. The number of carboxylic acid groups (broad SMARTS) is 1. The number of pyridine rings is 1. The van der Waals surface area contributed by atoms with Crippen LogP contribution in [0.3, 0.4) is 0 Å². The highest BCUT2D eigenvalue weighted by Crippen LogP contribution is 2.33. The Labute approximate surface area is 94.7 Å². The lowest BCUT2D eigenvalue weighted by molar-refractivity contribution is 0.0695. The van der Waals surface area contributed by atoms with Crippen LogP contribution in [0.15, 0.2) is 12.1 Å². The SMILES string of the molecule is Cc1nc(NC(C)C2CC2)ccc1C(=O)O. The number of rotatable bonds is 4. The van der Waals surface area contributed by atoms with E-state index >= 15 is 0 Å². The molecule has 0 amide bonds. The summed E-state index contributed by atoms with van der Waals surface area (Å²) in [5.41, 5.74) is 0.824. The van der Waals surface area contributed by atoms with Gasteiger partial charge in [0.1, 0.15) is 5.82 Å². The molecule has 86 valence electrons. The average molecular weight is 220 g/mol. The van der Waals surface area contributed by atoms with Crippen molar-refractivity contribution in [3.8, 4) is 0 Å². The summed E-state index contributed by atoms with van der Waals surface area (Å²) in [6, 6.07) is 3.75. The molecule has 1 saturated carbocycles. The maximum absolute atomic E-state index is 10.8. The van der Waals surface area contributed by atoms with Gasteiger partial charge in [-0.05, 0) is 44.7 Å². The van der Waals surface area contributed by atoms with E-state index in [2.05, 4.69) is 17.2 Å². The molecular formula is C12H16N2O2. The molecule has 1 aromatic rings. The third-order valence-electron chi connectivity index (χ3n) is 3.02. The van der Waals surface area contributed by atoms with Crippen LogP contribution in [0.2, 0.25) is 0 Å². The molecule has 1 aliphatic carbocycles. The van der Waals surface area contributed by atoms with Crippen molar-refractivity contribution in [2.45, 2.75) is 32.7 Å². The molecule has 0 aliphatic heterocycles. The van der Waals surface area contributed by atoms with Crippen molar-refractivity contribution in [2.24, 2.45) is 5.92 Å². The normalized spacial score (nSPS) is 16.9. The van der Waals surface area contributed by atoms with Crippen molar-refractivity contribution in [2.75, 3.05) is 5.32 Å². The molecule has 1 aliphatic rings. The van der Waals surface area contributed by atoms with Gasteiger partial charge in [0.2, 0.25) is 0 Å². The number of anilines is 1.